The van der Waals surface area contributed by atoms with E-state index in [1.54, 1.807) is 0 Å². The van der Waals surface area contributed by atoms with E-state index < -0.39 is 0 Å². The number of rotatable bonds is 6. The van der Waals surface area contributed by atoms with Crippen molar-refractivity contribution < 1.29 is 9.47 Å². The lowest BCUT2D eigenvalue weighted by atomic mass is 9.87. The third kappa shape index (κ3) is 4.91. The zero-order valence-corrected chi connectivity index (χ0v) is 17.3. The second-order valence-corrected chi connectivity index (χ2v) is 8.01. The van der Waals surface area contributed by atoms with Gasteiger partial charge in [0.15, 0.2) is 5.96 Å². The van der Waals surface area contributed by atoms with Crippen molar-refractivity contribution in [3.8, 4) is 5.75 Å². The number of nitrogens with one attached hydrogen (secondary N) is 1. The van der Waals surface area contributed by atoms with E-state index in [1.165, 1.54) is 24.0 Å². The van der Waals surface area contributed by atoms with Gasteiger partial charge in [-0.25, -0.2) is 4.99 Å². The molecule has 0 bridgehead atoms. The number of aliphatic imine (C=N–C) groups is 1. The molecular weight excluding hydrogens is 362 g/mol. The summed E-state index contributed by atoms with van der Waals surface area (Å²) in [5.41, 5.74) is 2.72. The number of hydrogen-bond donors (Lipinski definition) is 1. The number of hydrogen-bond acceptors (Lipinski definition) is 3. The van der Waals surface area contributed by atoms with Crippen molar-refractivity contribution in [1.29, 1.82) is 0 Å². The van der Waals surface area contributed by atoms with E-state index >= 15 is 0 Å². The molecule has 4 rings (SSSR count). The average Bonchev–Trinajstić information content (AvgIpc) is 3.41. The van der Waals surface area contributed by atoms with Gasteiger partial charge < -0.3 is 19.7 Å². The van der Waals surface area contributed by atoms with Gasteiger partial charge >= 0.3 is 0 Å². The summed E-state index contributed by atoms with van der Waals surface area (Å²) < 4.78 is 11.6. The first-order valence-electron chi connectivity index (χ1n) is 10.6. The summed E-state index contributed by atoms with van der Waals surface area (Å²) in [6.45, 7) is 8.08. The van der Waals surface area contributed by atoms with E-state index in [1.807, 2.05) is 30.3 Å². The maximum Gasteiger partial charge on any atom is 0.194 e. The third-order valence-corrected chi connectivity index (χ3v) is 5.91. The number of para-hydroxylation sites is 1. The van der Waals surface area contributed by atoms with Crippen molar-refractivity contribution in [1.82, 2.24) is 10.2 Å². The van der Waals surface area contributed by atoms with Gasteiger partial charge in [0.25, 0.3) is 0 Å². The van der Waals surface area contributed by atoms with E-state index in [4.69, 9.17) is 14.5 Å². The Morgan fingerprint density at radius 3 is 2.66 bits per heavy atom. The Labute approximate surface area is 173 Å². The molecule has 154 valence electrons. The monoisotopic (exact) mass is 393 g/mol. The lowest BCUT2D eigenvalue weighted by Crippen LogP contribution is -2.41. The van der Waals surface area contributed by atoms with Crippen LogP contribution in [0.4, 0.5) is 0 Å². The van der Waals surface area contributed by atoms with Gasteiger partial charge in [0.2, 0.25) is 0 Å². The molecule has 0 aromatic heterocycles. The highest BCUT2D eigenvalue weighted by molar-refractivity contribution is 5.80. The molecule has 2 saturated heterocycles. The van der Waals surface area contributed by atoms with Gasteiger partial charge in [0.05, 0.1) is 13.2 Å². The topological polar surface area (TPSA) is 46.1 Å². The highest BCUT2D eigenvalue weighted by atomic mass is 16.5. The van der Waals surface area contributed by atoms with E-state index in [0.717, 1.165) is 44.6 Å². The molecule has 0 radical (unpaired) electrons. The molecule has 5 nitrogen and oxygen atoms in total. The molecule has 1 spiro atoms. The fourth-order valence-electron chi connectivity index (χ4n) is 4.20. The van der Waals surface area contributed by atoms with Gasteiger partial charge in [-0.2, -0.15) is 0 Å². The Balaban J connectivity index is 1.43. The van der Waals surface area contributed by atoms with Crippen LogP contribution in [-0.2, 0) is 17.9 Å². The summed E-state index contributed by atoms with van der Waals surface area (Å²) in [6.07, 6.45) is 2.36. The predicted octanol–water partition coefficient (Wildman–Crippen LogP) is 3.84. The molecular formula is C24H31N3O2. The summed E-state index contributed by atoms with van der Waals surface area (Å²) in [4.78, 5) is 7.38. The molecule has 2 aliphatic heterocycles. The van der Waals surface area contributed by atoms with E-state index in [0.29, 0.717) is 18.6 Å². The fourth-order valence-corrected chi connectivity index (χ4v) is 4.20. The summed E-state index contributed by atoms with van der Waals surface area (Å²) in [6, 6.07) is 18.4. The van der Waals surface area contributed by atoms with Gasteiger partial charge in [-0.1, -0.05) is 42.5 Å². The molecule has 1 N–H and O–H groups in total. The molecule has 0 amide bonds. The molecule has 1 atom stereocenters. The van der Waals surface area contributed by atoms with Crippen LogP contribution in [-0.4, -0.2) is 43.7 Å². The Bertz CT molecular complexity index is 816. The first-order chi connectivity index (χ1) is 14.3. The quantitative estimate of drug-likeness (QED) is 0.598. The Hall–Kier alpha value is -2.53. The van der Waals surface area contributed by atoms with Gasteiger partial charge in [-0.05, 0) is 43.0 Å². The van der Waals surface area contributed by atoms with Crippen molar-refractivity contribution in [2.24, 2.45) is 10.4 Å². The Kier molecular flexibility index (Phi) is 6.35. The maximum absolute atomic E-state index is 5.96. The van der Waals surface area contributed by atoms with E-state index in [9.17, 15) is 0 Å². The average molecular weight is 394 g/mol. The minimum Gasteiger partial charge on any atom is -0.489 e. The van der Waals surface area contributed by atoms with Crippen LogP contribution >= 0.6 is 0 Å². The van der Waals surface area contributed by atoms with Crippen molar-refractivity contribution in [2.75, 3.05) is 32.8 Å². The van der Waals surface area contributed by atoms with Crippen LogP contribution in [0, 0.1) is 5.41 Å². The highest BCUT2D eigenvalue weighted by Gasteiger charge is 2.42. The molecule has 2 heterocycles. The molecule has 2 aromatic rings. The zero-order valence-electron chi connectivity index (χ0n) is 17.3. The molecule has 0 saturated carbocycles. The van der Waals surface area contributed by atoms with Crippen molar-refractivity contribution in [3.63, 3.8) is 0 Å². The second-order valence-electron chi connectivity index (χ2n) is 8.01. The molecule has 2 aliphatic rings. The lowest BCUT2D eigenvalue weighted by Gasteiger charge is -2.25. The predicted molar refractivity (Wildman–Crippen MR) is 116 cm³/mol. The zero-order chi connectivity index (χ0) is 19.9. The van der Waals surface area contributed by atoms with Crippen molar-refractivity contribution >= 4 is 5.96 Å². The molecule has 0 aliphatic carbocycles. The smallest absolute Gasteiger partial charge is 0.194 e. The van der Waals surface area contributed by atoms with E-state index in [2.05, 4.69) is 41.4 Å². The number of benzene rings is 2. The summed E-state index contributed by atoms with van der Waals surface area (Å²) in [5, 5.41) is 3.48. The second kappa shape index (κ2) is 9.31. The SMILES string of the molecule is CCNC(=NCc1ccccc1COc1ccccc1)N1CCC2(CCOC2)C1. The lowest BCUT2D eigenvalue weighted by molar-refractivity contribution is 0.156. The molecule has 1 unspecified atom stereocenters. The Morgan fingerprint density at radius 1 is 1.10 bits per heavy atom. The minimum atomic E-state index is 0.331. The molecule has 2 fully saturated rings. The molecule has 29 heavy (non-hydrogen) atoms. The Morgan fingerprint density at radius 2 is 1.90 bits per heavy atom. The van der Waals surface area contributed by atoms with Gasteiger partial charge in [-0.15, -0.1) is 0 Å². The summed E-state index contributed by atoms with van der Waals surface area (Å²) in [5.74, 6) is 1.90. The van der Waals surface area contributed by atoms with Crippen LogP contribution in [0.1, 0.15) is 30.9 Å². The van der Waals surface area contributed by atoms with Crippen LogP contribution in [0.25, 0.3) is 0 Å². The number of likely N-dealkylation sites (tertiary alicyclic amines) is 1. The van der Waals surface area contributed by atoms with Crippen LogP contribution < -0.4 is 10.1 Å². The normalized spacial score (nSPS) is 21.7. The van der Waals surface area contributed by atoms with Crippen molar-refractivity contribution in [2.45, 2.75) is 32.9 Å². The summed E-state index contributed by atoms with van der Waals surface area (Å²) >= 11 is 0. The maximum atomic E-state index is 5.96. The fraction of sp³-hybridized carbons (Fsp3) is 0.458. The van der Waals surface area contributed by atoms with E-state index in [-0.39, 0.29) is 0 Å². The van der Waals surface area contributed by atoms with Crippen LogP contribution in [0.5, 0.6) is 5.75 Å². The highest BCUT2D eigenvalue weighted by Crippen LogP contribution is 2.38. The first-order valence-corrected chi connectivity index (χ1v) is 10.6. The van der Waals surface area contributed by atoms with Gasteiger partial charge in [-0.3, -0.25) is 0 Å². The number of guanidine groups is 1. The van der Waals surface area contributed by atoms with Crippen LogP contribution in [0.15, 0.2) is 59.6 Å². The number of ether oxygens (including phenoxy) is 2. The minimum absolute atomic E-state index is 0.331. The van der Waals surface area contributed by atoms with Crippen molar-refractivity contribution in [3.05, 3.63) is 65.7 Å². The van der Waals surface area contributed by atoms with Crippen LogP contribution in [0.3, 0.4) is 0 Å². The van der Waals surface area contributed by atoms with Crippen LogP contribution in [0.2, 0.25) is 0 Å². The van der Waals surface area contributed by atoms with Gasteiger partial charge in [0, 0.05) is 31.7 Å². The third-order valence-electron chi connectivity index (χ3n) is 5.91. The molecule has 2 aromatic carbocycles. The summed E-state index contributed by atoms with van der Waals surface area (Å²) in [7, 11) is 0. The number of nitrogens with zero attached hydrogens (tertiary/aromatic N) is 2. The molecule has 5 heteroatoms. The first kappa shape index (κ1) is 19.8. The largest absolute Gasteiger partial charge is 0.489 e. The standard InChI is InChI=1S/C24H31N3O2/c1-2-25-23(27-14-12-24(18-27)13-15-28-19-24)26-16-20-8-6-7-9-21(20)17-29-22-10-4-3-5-11-22/h3-11H,2,12-19H2,1H3,(H,25,26). The van der Waals surface area contributed by atoms with Gasteiger partial charge in [0.1, 0.15) is 12.4 Å².